The van der Waals surface area contributed by atoms with Gasteiger partial charge in [0.2, 0.25) is 0 Å². The molecule has 2 heterocycles. The molecule has 1 aliphatic carbocycles. The normalized spacial score (nSPS) is 26.7. The number of carbonyl (C=O) groups excluding carboxylic acids is 1. The molecular weight excluding hydrogens is 408 g/mol. The summed E-state index contributed by atoms with van der Waals surface area (Å²) in [4.78, 5) is 26.8. The smallest absolute Gasteiger partial charge is 0.309 e. The summed E-state index contributed by atoms with van der Waals surface area (Å²) < 4.78 is 32.1. The Morgan fingerprint density at radius 3 is 2.71 bits per heavy atom. The van der Waals surface area contributed by atoms with Crippen LogP contribution < -0.4 is 5.32 Å². The molecule has 1 saturated heterocycles. The summed E-state index contributed by atoms with van der Waals surface area (Å²) in [5, 5.41) is 16.2. The zero-order valence-corrected chi connectivity index (χ0v) is 17.2. The number of nitrogens with one attached hydrogen (secondary N) is 1. The Kier molecular flexibility index (Phi) is 6.04. The highest BCUT2D eigenvalue weighted by atomic mass is 19.1. The molecule has 2 fully saturated rings. The minimum atomic E-state index is -0.949. The topological polar surface area (TPSA) is 95.7 Å². The third kappa shape index (κ3) is 4.46. The van der Waals surface area contributed by atoms with Gasteiger partial charge in [-0.15, -0.1) is 0 Å². The lowest BCUT2D eigenvalue weighted by atomic mass is 9.89. The Balaban J connectivity index is 1.44. The molecule has 1 aromatic heterocycles. The molecule has 166 valence electrons. The van der Waals surface area contributed by atoms with E-state index in [0.29, 0.717) is 37.5 Å². The number of carbonyl (C=O) groups is 2. The van der Waals surface area contributed by atoms with Crippen molar-refractivity contribution >= 4 is 11.9 Å². The van der Waals surface area contributed by atoms with E-state index in [1.165, 1.54) is 12.1 Å². The van der Waals surface area contributed by atoms with Crippen LogP contribution in [0.1, 0.15) is 43.1 Å². The Morgan fingerprint density at radius 2 is 2.03 bits per heavy atom. The zero-order valence-electron chi connectivity index (χ0n) is 17.2. The fourth-order valence-corrected chi connectivity index (χ4v) is 4.81. The molecule has 9 heteroatoms. The first-order chi connectivity index (χ1) is 14.8. The predicted octanol–water partition coefficient (Wildman–Crippen LogP) is 3.31. The minimum absolute atomic E-state index is 0.0116. The number of carboxylic acids is 1. The van der Waals surface area contributed by atoms with Gasteiger partial charge in [0.15, 0.2) is 11.5 Å². The van der Waals surface area contributed by atoms with Crippen molar-refractivity contribution < 1.29 is 28.0 Å². The molecule has 31 heavy (non-hydrogen) atoms. The summed E-state index contributed by atoms with van der Waals surface area (Å²) in [6, 6.07) is 4.11. The van der Waals surface area contributed by atoms with Crippen molar-refractivity contribution in [1.29, 1.82) is 0 Å². The molecule has 1 saturated carbocycles. The average molecular weight is 433 g/mol. The zero-order chi connectivity index (χ0) is 22.1. The van der Waals surface area contributed by atoms with Gasteiger partial charge >= 0.3 is 5.97 Å². The quantitative estimate of drug-likeness (QED) is 0.751. The second-order valence-corrected chi connectivity index (χ2v) is 8.48. The Hall–Kier alpha value is -2.81. The van der Waals surface area contributed by atoms with Gasteiger partial charge in [-0.3, -0.25) is 14.5 Å². The summed E-state index contributed by atoms with van der Waals surface area (Å²) >= 11 is 0. The first-order valence-electron chi connectivity index (χ1n) is 10.5. The van der Waals surface area contributed by atoms with Crippen molar-refractivity contribution in [2.24, 2.45) is 11.8 Å². The molecule has 4 rings (SSSR count). The highest BCUT2D eigenvalue weighted by molar-refractivity contribution is 5.93. The molecule has 0 unspecified atom stereocenters. The van der Waals surface area contributed by atoms with Crippen LogP contribution in [0.15, 0.2) is 28.8 Å². The van der Waals surface area contributed by atoms with Crippen molar-refractivity contribution in [3.8, 4) is 11.3 Å². The van der Waals surface area contributed by atoms with E-state index >= 15 is 0 Å². The van der Waals surface area contributed by atoms with E-state index in [2.05, 4.69) is 22.3 Å². The maximum Gasteiger partial charge on any atom is 0.309 e. The van der Waals surface area contributed by atoms with Crippen LogP contribution in [0.4, 0.5) is 8.78 Å². The number of nitrogens with zero attached hydrogens (tertiary/aromatic N) is 2. The maximum atomic E-state index is 14.0. The Bertz CT molecular complexity index is 979. The first kappa shape index (κ1) is 21.4. The summed E-state index contributed by atoms with van der Waals surface area (Å²) in [5.41, 5.74) is -0.106. The number of likely N-dealkylation sites (tertiary alicyclic amines) is 1. The number of hydrogen-bond acceptors (Lipinski definition) is 5. The van der Waals surface area contributed by atoms with Gasteiger partial charge in [0.25, 0.3) is 5.91 Å². The van der Waals surface area contributed by atoms with Crippen molar-refractivity contribution in [2.75, 3.05) is 13.1 Å². The van der Waals surface area contributed by atoms with E-state index < -0.39 is 35.5 Å². The average Bonchev–Trinajstić information content (AvgIpc) is 3.37. The molecule has 0 spiro atoms. The van der Waals surface area contributed by atoms with Crippen LogP contribution in [0, 0.1) is 23.5 Å². The summed E-state index contributed by atoms with van der Waals surface area (Å²) in [6.45, 7) is 3.31. The molecule has 1 aromatic carbocycles. The van der Waals surface area contributed by atoms with Crippen LogP contribution in [0.2, 0.25) is 0 Å². The van der Waals surface area contributed by atoms with Gasteiger partial charge < -0.3 is 14.9 Å². The molecule has 2 aromatic rings. The van der Waals surface area contributed by atoms with Crippen molar-refractivity contribution in [2.45, 2.75) is 44.7 Å². The van der Waals surface area contributed by atoms with Crippen LogP contribution in [0.3, 0.4) is 0 Å². The van der Waals surface area contributed by atoms with Crippen LogP contribution in [-0.2, 0) is 4.79 Å². The van der Waals surface area contributed by atoms with Crippen LogP contribution in [0.25, 0.3) is 11.3 Å². The number of aromatic nitrogens is 1. The first-order valence-corrected chi connectivity index (χ1v) is 10.5. The fourth-order valence-electron chi connectivity index (χ4n) is 4.81. The third-order valence-corrected chi connectivity index (χ3v) is 6.50. The fraction of sp³-hybridized carbons (Fsp3) is 0.500. The highest BCUT2D eigenvalue weighted by Crippen LogP contribution is 2.32. The van der Waals surface area contributed by atoms with Gasteiger partial charge in [-0.2, -0.15) is 0 Å². The van der Waals surface area contributed by atoms with Gasteiger partial charge in [-0.05, 0) is 37.3 Å². The van der Waals surface area contributed by atoms with Gasteiger partial charge in [-0.25, -0.2) is 8.78 Å². The maximum absolute atomic E-state index is 14.0. The molecule has 2 N–H and O–H groups in total. The lowest BCUT2D eigenvalue weighted by Crippen LogP contribution is -2.56. The number of halogens is 2. The van der Waals surface area contributed by atoms with E-state index in [-0.39, 0.29) is 17.0 Å². The van der Waals surface area contributed by atoms with Crippen LogP contribution in [-0.4, -0.2) is 52.2 Å². The van der Waals surface area contributed by atoms with Crippen molar-refractivity contribution in [3.05, 3.63) is 41.6 Å². The van der Waals surface area contributed by atoms with Gasteiger partial charge in [-0.1, -0.05) is 18.5 Å². The van der Waals surface area contributed by atoms with Crippen LogP contribution in [0.5, 0.6) is 0 Å². The number of amides is 1. The number of rotatable bonds is 5. The third-order valence-electron chi connectivity index (χ3n) is 6.50. The molecule has 4 atom stereocenters. The molecule has 0 radical (unpaired) electrons. The minimum Gasteiger partial charge on any atom is -0.481 e. The number of carboxylic acid groups (broad SMARTS) is 1. The van der Waals surface area contributed by atoms with E-state index in [0.717, 1.165) is 25.3 Å². The number of benzene rings is 1. The molecule has 1 amide bonds. The molecule has 0 bridgehead atoms. The van der Waals surface area contributed by atoms with E-state index in [1.807, 2.05) is 0 Å². The molecular formula is C22H25F2N3O4. The second-order valence-electron chi connectivity index (χ2n) is 8.48. The number of piperidine rings is 1. The van der Waals surface area contributed by atoms with E-state index in [4.69, 9.17) is 4.52 Å². The largest absolute Gasteiger partial charge is 0.481 e. The number of hydrogen-bond donors (Lipinski definition) is 2. The van der Waals surface area contributed by atoms with Gasteiger partial charge in [0, 0.05) is 37.3 Å². The monoisotopic (exact) mass is 433 g/mol. The summed E-state index contributed by atoms with van der Waals surface area (Å²) in [7, 11) is 0. The van der Waals surface area contributed by atoms with E-state index in [9.17, 15) is 23.5 Å². The summed E-state index contributed by atoms with van der Waals surface area (Å²) in [5.74, 6) is -3.29. The van der Waals surface area contributed by atoms with Crippen LogP contribution >= 0.6 is 0 Å². The summed E-state index contributed by atoms with van der Waals surface area (Å²) in [6.07, 6.45) is 3.90. The molecule has 7 nitrogen and oxygen atoms in total. The standard InChI is InChI=1S/C22H25F2N3O4/c1-12-3-2-4-19(12)27-8-7-17(15(11-27)22(29)30)25-21(28)18-10-20(31-26-18)14-6-5-13(23)9-16(14)24/h5-6,9-10,12,15,17,19H,2-4,7-8,11H2,1H3,(H,25,28)(H,29,30)/t12-,15+,17+,19-/m1/s1. The lowest BCUT2D eigenvalue weighted by Gasteiger charge is -2.41. The van der Waals surface area contributed by atoms with E-state index in [1.54, 1.807) is 0 Å². The van der Waals surface area contributed by atoms with Crippen molar-refractivity contribution in [3.63, 3.8) is 0 Å². The second kappa shape index (κ2) is 8.74. The highest BCUT2D eigenvalue weighted by Gasteiger charge is 2.40. The molecule has 1 aliphatic heterocycles. The van der Waals surface area contributed by atoms with Gasteiger partial charge in [0.05, 0.1) is 11.5 Å². The lowest BCUT2D eigenvalue weighted by molar-refractivity contribution is -0.145. The van der Waals surface area contributed by atoms with Crippen molar-refractivity contribution in [1.82, 2.24) is 15.4 Å². The van der Waals surface area contributed by atoms with Gasteiger partial charge in [0.1, 0.15) is 11.6 Å². The Morgan fingerprint density at radius 1 is 1.23 bits per heavy atom. The predicted molar refractivity (Wildman–Crippen MR) is 107 cm³/mol. The molecule has 2 aliphatic rings. The Labute approximate surface area is 178 Å². The SMILES string of the molecule is C[C@@H]1CCC[C@H]1N1CC[C@H](NC(=O)c2cc(-c3ccc(F)cc3F)on2)[C@@H](C(=O)O)C1. The number of aliphatic carboxylic acids is 1.